The zero-order chi connectivity index (χ0) is 25.7. The monoisotopic (exact) mass is 488 g/mol. The number of hydrogen-bond acceptors (Lipinski definition) is 8. The zero-order valence-corrected chi connectivity index (χ0v) is 19.0. The first-order valence-corrected chi connectivity index (χ1v) is 11.5. The Kier molecular flexibility index (Phi) is 5.59. The average Bonchev–Trinajstić information content (AvgIpc) is 3.05. The summed E-state index contributed by atoms with van der Waals surface area (Å²) in [6.45, 7) is 0. The molecule has 0 heterocycles. The molecule has 184 valence electrons. The maximum Gasteiger partial charge on any atom is 0.166 e. The summed E-state index contributed by atoms with van der Waals surface area (Å²) in [6.07, 6.45) is 1.89. The summed E-state index contributed by atoms with van der Waals surface area (Å²) in [5, 5.41) is 61.1. The lowest BCUT2D eigenvalue weighted by molar-refractivity contribution is -0.131. The smallest absolute Gasteiger partial charge is 0.166 e. The first-order chi connectivity index (χ1) is 17.2. The van der Waals surface area contributed by atoms with Gasteiger partial charge in [0, 0.05) is 29.4 Å². The minimum Gasteiger partial charge on any atom is -0.508 e. The SMILES string of the molecule is O=C1C=C(CCc2cccc(O)c2O)[C@H]2C(=O)[C@@H]1[C@@H](c1cccc(O)c1O)[C@@H]2c1cc(O)cc(O)c1. The van der Waals surface area contributed by atoms with E-state index >= 15 is 0 Å². The maximum absolute atomic E-state index is 13.7. The van der Waals surface area contributed by atoms with Crippen molar-refractivity contribution in [3.63, 3.8) is 0 Å². The molecule has 3 aromatic carbocycles. The highest BCUT2D eigenvalue weighted by Crippen LogP contribution is 2.59. The molecule has 0 saturated heterocycles. The Balaban J connectivity index is 1.62. The van der Waals surface area contributed by atoms with Crippen molar-refractivity contribution in [2.45, 2.75) is 24.7 Å². The van der Waals surface area contributed by atoms with E-state index in [2.05, 4.69) is 0 Å². The van der Waals surface area contributed by atoms with Crippen molar-refractivity contribution in [1.82, 2.24) is 0 Å². The van der Waals surface area contributed by atoms with E-state index in [0.717, 1.165) is 6.07 Å². The van der Waals surface area contributed by atoms with E-state index in [9.17, 15) is 40.2 Å². The number of aryl methyl sites for hydroxylation is 1. The number of phenols is 6. The molecule has 1 saturated carbocycles. The number of phenolic OH excluding ortho intramolecular Hbond substituents is 6. The fraction of sp³-hybridized carbons (Fsp3) is 0.214. The second kappa shape index (κ2) is 8.64. The summed E-state index contributed by atoms with van der Waals surface area (Å²) in [5.74, 6) is -6.11. The number of para-hydroxylation sites is 2. The summed E-state index contributed by atoms with van der Waals surface area (Å²) in [4.78, 5) is 26.9. The van der Waals surface area contributed by atoms with Crippen molar-refractivity contribution < 1.29 is 40.2 Å². The highest BCUT2D eigenvalue weighted by atomic mass is 16.3. The molecule has 0 spiro atoms. The normalized spacial score (nSPS) is 23.1. The molecule has 6 N–H and O–H groups in total. The summed E-state index contributed by atoms with van der Waals surface area (Å²) >= 11 is 0. The standard InChI is InChI=1S/C28H24O8/c29-16-9-15(10-17(30)12-16)22-23-14(8-7-13-3-1-5-19(31)26(13)34)11-21(33)25(28(23)36)24(22)18-4-2-6-20(32)27(18)35/h1-6,9-12,22-25,29-32,34-35H,7-8H2/t22-,23-,24+,25+/m1/s1. The molecule has 3 aromatic rings. The number of fused-ring (bicyclic) bond motifs is 2. The van der Waals surface area contributed by atoms with Crippen molar-refractivity contribution in [1.29, 1.82) is 0 Å². The second-order valence-corrected chi connectivity index (χ2v) is 9.31. The van der Waals surface area contributed by atoms with Gasteiger partial charge in [0.15, 0.2) is 34.6 Å². The molecule has 2 bridgehead atoms. The van der Waals surface area contributed by atoms with E-state index in [1.165, 1.54) is 36.4 Å². The summed E-state index contributed by atoms with van der Waals surface area (Å²) in [5.41, 5.74) is 1.59. The largest absolute Gasteiger partial charge is 0.508 e. The molecule has 0 amide bonds. The van der Waals surface area contributed by atoms with Crippen molar-refractivity contribution in [3.8, 4) is 34.5 Å². The Hall–Kier alpha value is -4.46. The van der Waals surface area contributed by atoms with Gasteiger partial charge >= 0.3 is 0 Å². The predicted octanol–water partition coefficient (Wildman–Crippen LogP) is 3.74. The lowest BCUT2D eigenvalue weighted by atomic mass is 9.76. The van der Waals surface area contributed by atoms with Gasteiger partial charge < -0.3 is 30.6 Å². The Bertz CT molecular complexity index is 1400. The van der Waals surface area contributed by atoms with Crippen LogP contribution in [0.25, 0.3) is 0 Å². The van der Waals surface area contributed by atoms with Crippen molar-refractivity contribution in [2.75, 3.05) is 0 Å². The number of rotatable bonds is 5. The van der Waals surface area contributed by atoms with Gasteiger partial charge in [-0.2, -0.15) is 0 Å². The molecule has 8 nitrogen and oxygen atoms in total. The summed E-state index contributed by atoms with van der Waals surface area (Å²) in [7, 11) is 0. The van der Waals surface area contributed by atoms with Gasteiger partial charge in [0.1, 0.15) is 11.5 Å². The highest BCUT2D eigenvalue weighted by molar-refractivity contribution is 6.15. The number of ketones is 2. The molecular weight excluding hydrogens is 464 g/mol. The van der Waals surface area contributed by atoms with E-state index in [0.29, 0.717) is 16.7 Å². The van der Waals surface area contributed by atoms with Crippen LogP contribution in [0.1, 0.15) is 34.9 Å². The molecule has 0 aromatic heterocycles. The van der Waals surface area contributed by atoms with Gasteiger partial charge in [0.25, 0.3) is 0 Å². The van der Waals surface area contributed by atoms with Crippen LogP contribution in [-0.4, -0.2) is 42.2 Å². The van der Waals surface area contributed by atoms with Crippen LogP contribution < -0.4 is 0 Å². The van der Waals surface area contributed by atoms with Crippen molar-refractivity contribution >= 4 is 11.6 Å². The Morgan fingerprint density at radius 2 is 1.31 bits per heavy atom. The van der Waals surface area contributed by atoms with Gasteiger partial charge in [-0.3, -0.25) is 9.59 Å². The Labute approximate surface area is 206 Å². The van der Waals surface area contributed by atoms with Crippen LogP contribution >= 0.6 is 0 Å². The zero-order valence-electron chi connectivity index (χ0n) is 19.0. The van der Waals surface area contributed by atoms with Gasteiger partial charge in [0.05, 0.1) is 5.92 Å². The average molecular weight is 488 g/mol. The van der Waals surface area contributed by atoms with Gasteiger partial charge in [0.2, 0.25) is 0 Å². The van der Waals surface area contributed by atoms with Crippen LogP contribution in [0.2, 0.25) is 0 Å². The van der Waals surface area contributed by atoms with Crippen LogP contribution in [0.5, 0.6) is 34.5 Å². The van der Waals surface area contributed by atoms with Gasteiger partial charge in [-0.15, -0.1) is 0 Å². The third-order valence-corrected chi connectivity index (χ3v) is 7.25. The predicted molar refractivity (Wildman–Crippen MR) is 128 cm³/mol. The van der Waals surface area contributed by atoms with E-state index < -0.39 is 35.2 Å². The Morgan fingerprint density at radius 3 is 2.00 bits per heavy atom. The van der Waals surface area contributed by atoms with Gasteiger partial charge in [-0.25, -0.2) is 0 Å². The molecule has 5 rings (SSSR count). The molecule has 1 fully saturated rings. The number of aromatic hydroxyl groups is 6. The van der Waals surface area contributed by atoms with E-state index in [1.54, 1.807) is 18.2 Å². The minimum absolute atomic E-state index is 0.220. The maximum atomic E-state index is 13.7. The van der Waals surface area contributed by atoms with Crippen LogP contribution in [-0.2, 0) is 16.0 Å². The highest BCUT2D eigenvalue weighted by Gasteiger charge is 2.57. The lowest BCUT2D eigenvalue weighted by Gasteiger charge is -2.27. The first-order valence-electron chi connectivity index (χ1n) is 11.5. The van der Waals surface area contributed by atoms with Crippen LogP contribution in [0.3, 0.4) is 0 Å². The van der Waals surface area contributed by atoms with Gasteiger partial charge in [-0.1, -0.05) is 29.8 Å². The van der Waals surface area contributed by atoms with E-state index in [4.69, 9.17) is 0 Å². The minimum atomic E-state index is -1.12. The fourth-order valence-corrected chi connectivity index (χ4v) is 5.74. The van der Waals surface area contributed by atoms with E-state index in [-0.39, 0.29) is 52.9 Å². The van der Waals surface area contributed by atoms with Crippen molar-refractivity contribution in [3.05, 3.63) is 82.9 Å². The third-order valence-electron chi connectivity index (χ3n) is 7.25. The van der Waals surface area contributed by atoms with Crippen molar-refractivity contribution in [2.24, 2.45) is 11.8 Å². The molecule has 0 aliphatic heterocycles. The topological polar surface area (TPSA) is 156 Å². The number of allylic oxidation sites excluding steroid dienone is 2. The molecule has 2 aliphatic rings. The first kappa shape index (κ1) is 23.3. The second-order valence-electron chi connectivity index (χ2n) is 9.31. The van der Waals surface area contributed by atoms with Gasteiger partial charge in [-0.05, 0) is 54.3 Å². The molecule has 0 radical (unpaired) electrons. The molecule has 0 unspecified atom stereocenters. The summed E-state index contributed by atoms with van der Waals surface area (Å²) in [6, 6.07) is 12.9. The quantitative estimate of drug-likeness (QED) is 0.234. The molecule has 2 aliphatic carbocycles. The summed E-state index contributed by atoms with van der Waals surface area (Å²) < 4.78 is 0. The van der Waals surface area contributed by atoms with Crippen LogP contribution in [0.15, 0.2) is 66.2 Å². The number of carbonyl (C=O) groups excluding carboxylic acids is 2. The van der Waals surface area contributed by atoms with E-state index in [1.807, 2.05) is 0 Å². The van der Waals surface area contributed by atoms with Crippen LogP contribution in [0, 0.1) is 11.8 Å². The van der Waals surface area contributed by atoms with Crippen LogP contribution in [0.4, 0.5) is 0 Å². The molecule has 4 atom stereocenters. The Morgan fingerprint density at radius 1 is 0.667 bits per heavy atom. The molecular formula is C28H24O8. The number of hydrogen-bond donors (Lipinski definition) is 6. The fourth-order valence-electron chi connectivity index (χ4n) is 5.74. The molecule has 8 heteroatoms. The lowest BCUT2D eigenvalue weighted by Crippen LogP contribution is -2.29. The number of carbonyl (C=O) groups is 2. The molecule has 36 heavy (non-hydrogen) atoms. The number of benzene rings is 3. The third kappa shape index (κ3) is 3.71. The number of Topliss-reactive ketones (excluding diaryl/α,β-unsaturated/α-hetero) is 1.